The fourth-order valence-corrected chi connectivity index (χ4v) is 6.81. The summed E-state index contributed by atoms with van der Waals surface area (Å²) in [5.41, 5.74) is 0. The first-order chi connectivity index (χ1) is 11.0. The summed E-state index contributed by atoms with van der Waals surface area (Å²) < 4.78 is 0. The molecule has 3 saturated carbocycles. The van der Waals surface area contributed by atoms with Crippen molar-refractivity contribution >= 4 is 0 Å². The molecular formula is C23H42. The minimum Gasteiger partial charge on any atom is -0.0654 e. The third kappa shape index (κ3) is 3.38. The van der Waals surface area contributed by atoms with E-state index in [9.17, 15) is 0 Å². The molecule has 0 spiro atoms. The lowest BCUT2D eigenvalue weighted by atomic mass is 9.61. The van der Waals surface area contributed by atoms with Crippen LogP contribution in [-0.2, 0) is 0 Å². The second kappa shape index (κ2) is 7.09. The van der Waals surface area contributed by atoms with Crippen LogP contribution in [0.3, 0.4) is 0 Å². The molecule has 0 saturated heterocycles. The van der Waals surface area contributed by atoms with E-state index in [0.717, 1.165) is 59.2 Å². The molecule has 3 fully saturated rings. The van der Waals surface area contributed by atoms with Gasteiger partial charge in [-0.2, -0.15) is 0 Å². The maximum absolute atomic E-state index is 2.58. The molecule has 0 N–H and O–H groups in total. The maximum atomic E-state index is 2.58. The molecule has 0 aromatic heterocycles. The molecule has 0 aromatic rings. The summed E-state index contributed by atoms with van der Waals surface area (Å²) >= 11 is 0. The first-order valence-corrected chi connectivity index (χ1v) is 11.0. The van der Waals surface area contributed by atoms with Gasteiger partial charge in [-0.3, -0.25) is 0 Å². The van der Waals surface area contributed by atoms with Gasteiger partial charge in [-0.1, -0.05) is 67.2 Å². The molecule has 0 nitrogen and oxygen atoms in total. The van der Waals surface area contributed by atoms with Crippen LogP contribution in [0.1, 0.15) is 86.5 Å². The molecule has 3 aliphatic rings. The summed E-state index contributed by atoms with van der Waals surface area (Å²) in [6.45, 7) is 14.8. The first-order valence-electron chi connectivity index (χ1n) is 11.0. The molecule has 0 heteroatoms. The Labute approximate surface area is 146 Å². The maximum Gasteiger partial charge on any atom is -0.0326 e. The number of hydrogen-bond donors (Lipinski definition) is 0. The lowest BCUT2D eigenvalue weighted by Gasteiger charge is -2.44. The zero-order chi connectivity index (χ0) is 16.7. The number of hydrogen-bond acceptors (Lipinski definition) is 0. The topological polar surface area (TPSA) is 0 Å². The highest BCUT2D eigenvalue weighted by atomic mass is 14.6. The normalized spacial score (nSPS) is 46.6. The third-order valence-corrected chi connectivity index (χ3v) is 8.61. The lowest BCUT2D eigenvalue weighted by molar-refractivity contribution is 0.0495. The molecule has 3 rings (SSSR count). The smallest absolute Gasteiger partial charge is 0.0326 e. The summed E-state index contributed by atoms with van der Waals surface area (Å²) in [4.78, 5) is 0. The predicted octanol–water partition coefficient (Wildman–Crippen LogP) is 7.04. The molecule has 9 unspecified atom stereocenters. The van der Waals surface area contributed by atoms with Gasteiger partial charge in [0.15, 0.2) is 0 Å². The first kappa shape index (κ1) is 17.8. The van der Waals surface area contributed by atoms with Gasteiger partial charge in [-0.05, 0) is 78.4 Å². The standard InChI is InChI=1S/C23H42/c1-7-8-9-10-18-12-19-11-15(4)20(23(18)19)13-21-17(6)22(21)16(5)14(2)3/h14-23H,7-13H2,1-6H3. The zero-order valence-electron chi connectivity index (χ0n) is 16.7. The van der Waals surface area contributed by atoms with Gasteiger partial charge < -0.3 is 0 Å². The van der Waals surface area contributed by atoms with Gasteiger partial charge in [0.05, 0.1) is 0 Å². The van der Waals surface area contributed by atoms with E-state index >= 15 is 0 Å². The molecule has 0 heterocycles. The van der Waals surface area contributed by atoms with Crippen molar-refractivity contribution in [3.05, 3.63) is 0 Å². The van der Waals surface area contributed by atoms with Crippen LogP contribution in [0.15, 0.2) is 0 Å². The second-order valence-electron chi connectivity index (χ2n) is 10.1. The van der Waals surface area contributed by atoms with Crippen LogP contribution in [0.25, 0.3) is 0 Å². The van der Waals surface area contributed by atoms with E-state index in [1.807, 2.05) is 0 Å². The van der Waals surface area contributed by atoms with Crippen molar-refractivity contribution in [1.82, 2.24) is 0 Å². The van der Waals surface area contributed by atoms with Gasteiger partial charge in [0.25, 0.3) is 0 Å². The van der Waals surface area contributed by atoms with Crippen molar-refractivity contribution in [1.29, 1.82) is 0 Å². The molecule has 9 atom stereocenters. The highest BCUT2D eigenvalue weighted by Gasteiger charge is 2.56. The Hall–Kier alpha value is 0. The summed E-state index contributed by atoms with van der Waals surface area (Å²) in [5, 5.41) is 0. The van der Waals surface area contributed by atoms with E-state index in [2.05, 4.69) is 41.5 Å². The van der Waals surface area contributed by atoms with Crippen LogP contribution in [0.5, 0.6) is 0 Å². The Bertz CT molecular complexity index is 383. The molecular weight excluding hydrogens is 276 g/mol. The van der Waals surface area contributed by atoms with Crippen molar-refractivity contribution in [2.45, 2.75) is 86.5 Å². The SMILES string of the molecule is CCCCCC1CC2CC(C)C(CC3C(C)C3C(C)C(C)C)C12. The van der Waals surface area contributed by atoms with Crippen molar-refractivity contribution in [3.8, 4) is 0 Å². The Balaban J connectivity index is 1.55. The second-order valence-corrected chi connectivity index (χ2v) is 10.1. The van der Waals surface area contributed by atoms with Gasteiger partial charge in [-0.25, -0.2) is 0 Å². The minimum atomic E-state index is 0.867. The number of fused-ring (bicyclic) bond motifs is 1. The summed E-state index contributed by atoms with van der Waals surface area (Å²) in [6.07, 6.45) is 10.6. The monoisotopic (exact) mass is 318 g/mol. The third-order valence-electron chi connectivity index (χ3n) is 8.61. The predicted molar refractivity (Wildman–Crippen MR) is 101 cm³/mol. The van der Waals surface area contributed by atoms with Gasteiger partial charge in [-0.15, -0.1) is 0 Å². The van der Waals surface area contributed by atoms with Crippen LogP contribution in [0, 0.1) is 59.2 Å². The fraction of sp³-hybridized carbons (Fsp3) is 1.00. The largest absolute Gasteiger partial charge is 0.0654 e. The van der Waals surface area contributed by atoms with Crippen molar-refractivity contribution in [3.63, 3.8) is 0 Å². The van der Waals surface area contributed by atoms with Crippen molar-refractivity contribution in [2.24, 2.45) is 59.2 Å². The highest BCUT2D eigenvalue weighted by molar-refractivity contribution is 5.05. The Morgan fingerprint density at radius 1 is 0.957 bits per heavy atom. The Kier molecular flexibility index (Phi) is 5.49. The van der Waals surface area contributed by atoms with Crippen molar-refractivity contribution in [2.75, 3.05) is 0 Å². The molecule has 0 aromatic carbocycles. The molecule has 0 aliphatic heterocycles. The van der Waals surface area contributed by atoms with E-state index in [4.69, 9.17) is 0 Å². The van der Waals surface area contributed by atoms with Gasteiger partial charge in [0.2, 0.25) is 0 Å². The number of rotatable bonds is 8. The van der Waals surface area contributed by atoms with Crippen LogP contribution in [-0.4, -0.2) is 0 Å². The Morgan fingerprint density at radius 3 is 2.35 bits per heavy atom. The average Bonchev–Trinajstić information content (AvgIpc) is 3.04. The molecule has 23 heavy (non-hydrogen) atoms. The van der Waals surface area contributed by atoms with E-state index in [0.29, 0.717) is 0 Å². The van der Waals surface area contributed by atoms with Crippen LogP contribution >= 0.6 is 0 Å². The van der Waals surface area contributed by atoms with Crippen LogP contribution in [0.4, 0.5) is 0 Å². The van der Waals surface area contributed by atoms with Gasteiger partial charge >= 0.3 is 0 Å². The molecule has 0 radical (unpaired) electrons. The average molecular weight is 319 g/mol. The quantitative estimate of drug-likeness (QED) is 0.421. The molecule has 3 aliphatic carbocycles. The summed E-state index contributed by atoms with van der Waals surface area (Å²) in [6, 6.07) is 0. The Morgan fingerprint density at radius 2 is 1.70 bits per heavy atom. The van der Waals surface area contributed by atoms with Crippen LogP contribution in [0.2, 0.25) is 0 Å². The highest BCUT2D eigenvalue weighted by Crippen LogP contribution is 2.63. The van der Waals surface area contributed by atoms with Crippen molar-refractivity contribution < 1.29 is 0 Å². The minimum absolute atomic E-state index is 0.867. The molecule has 0 bridgehead atoms. The molecule has 134 valence electrons. The fourth-order valence-electron chi connectivity index (χ4n) is 6.81. The van der Waals surface area contributed by atoms with E-state index in [1.165, 1.54) is 19.3 Å². The number of unbranched alkanes of at least 4 members (excludes halogenated alkanes) is 2. The van der Waals surface area contributed by atoms with E-state index in [1.54, 1.807) is 25.7 Å². The van der Waals surface area contributed by atoms with Crippen LogP contribution < -0.4 is 0 Å². The van der Waals surface area contributed by atoms with E-state index in [-0.39, 0.29) is 0 Å². The van der Waals surface area contributed by atoms with Gasteiger partial charge in [0, 0.05) is 0 Å². The lowest BCUT2D eigenvalue weighted by Crippen LogP contribution is -2.37. The summed E-state index contributed by atoms with van der Waals surface area (Å²) in [5.74, 6) is 10.4. The molecule has 0 amide bonds. The zero-order valence-corrected chi connectivity index (χ0v) is 16.7. The van der Waals surface area contributed by atoms with Gasteiger partial charge in [0.1, 0.15) is 0 Å². The summed E-state index contributed by atoms with van der Waals surface area (Å²) in [7, 11) is 0. The van der Waals surface area contributed by atoms with E-state index < -0.39 is 0 Å².